The summed E-state index contributed by atoms with van der Waals surface area (Å²) in [6.07, 6.45) is 3.58. The van der Waals surface area contributed by atoms with Crippen LogP contribution in [-0.4, -0.2) is 60.4 Å². The molecule has 0 saturated carbocycles. The maximum absolute atomic E-state index is 13.1. The van der Waals surface area contributed by atoms with Crippen LogP contribution in [0.1, 0.15) is 11.3 Å². The first-order valence-electron chi connectivity index (χ1n) is 9.29. The Hall–Kier alpha value is -1.74. The number of nitrogens with one attached hydrogen (secondary N) is 1. The summed E-state index contributed by atoms with van der Waals surface area (Å²) >= 11 is 1.72. The fourth-order valence-electron chi connectivity index (χ4n) is 4.16. The van der Waals surface area contributed by atoms with Crippen LogP contribution in [-0.2, 0) is 33.9 Å². The molecule has 0 aliphatic carbocycles. The first kappa shape index (κ1) is 18.6. The number of imidazole rings is 1. The van der Waals surface area contributed by atoms with Gasteiger partial charge in [0.2, 0.25) is 5.91 Å². The van der Waals surface area contributed by atoms with Crippen LogP contribution in [0.15, 0.2) is 29.4 Å². The minimum absolute atomic E-state index is 0.0947. The summed E-state index contributed by atoms with van der Waals surface area (Å²) in [4.78, 5) is 19.7. The highest BCUT2D eigenvalue weighted by Gasteiger charge is 2.55. The number of nitrogens with zero attached hydrogens (tertiary/aromatic N) is 3. The fraction of sp³-hybridized carbons (Fsp3) is 0.579. The van der Waals surface area contributed by atoms with Crippen LogP contribution < -0.4 is 5.32 Å². The van der Waals surface area contributed by atoms with Gasteiger partial charge in [0.15, 0.2) is 0 Å². The molecule has 4 heterocycles. The molecule has 27 heavy (non-hydrogen) atoms. The van der Waals surface area contributed by atoms with E-state index in [1.165, 1.54) is 5.56 Å². The topological polar surface area (TPSA) is 68.6 Å². The van der Waals surface area contributed by atoms with Crippen molar-refractivity contribution in [1.82, 2.24) is 19.8 Å². The lowest BCUT2D eigenvalue weighted by Gasteiger charge is -2.26. The van der Waals surface area contributed by atoms with E-state index in [2.05, 4.69) is 32.0 Å². The van der Waals surface area contributed by atoms with Crippen LogP contribution in [0.2, 0.25) is 0 Å². The zero-order valence-electron chi connectivity index (χ0n) is 15.6. The Morgan fingerprint density at radius 3 is 3.30 bits per heavy atom. The van der Waals surface area contributed by atoms with Crippen molar-refractivity contribution in [2.24, 2.45) is 11.3 Å². The highest BCUT2D eigenvalue weighted by atomic mass is 32.1. The quantitative estimate of drug-likeness (QED) is 0.737. The third kappa shape index (κ3) is 3.80. The molecule has 1 N–H and O–H groups in total. The van der Waals surface area contributed by atoms with Crippen LogP contribution in [0.25, 0.3) is 0 Å². The Balaban J connectivity index is 1.39. The van der Waals surface area contributed by atoms with Gasteiger partial charge in [0.05, 0.1) is 43.8 Å². The summed E-state index contributed by atoms with van der Waals surface area (Å²) in [7, 11) is 1.68. The summed E-state index contributed by atoms with van der Waals surface area (Å²) < 4.78 is 12.9. The van der Waals surface area contributed by atoms with Crippen molar-refractivity contribution in [3.8, 4) is 0 Å². The molecule has 146 valence electrons. The highest BCUT2D eigenvalue weighted by molar-refractivity contribution is 7.07. The molecule has 2 fully saturated rings. The second-order valence-electron chi connectivity index (χ2n) is 7.42. The largest absolute Gasteiger partial charge is 0.383 e. The smallest absolute Gasteiger partial charge is 0.230 e. The average Bonchev–Trinajstić information content (AvgIpc) is 3.42. The van der Waals surface area contributed by atoms with Crippen LogP contribution in [0, 0.1) is 11.3 Å². The molecule has 2 aliphatic rings. The standard InChI is InChI=1S/C19H26N4O3S/c1-25-4-3-23-14-20-6-17(23)7-21-18(24)19-12-22(8-15-2-5-27-11-15)9-16(19)10-26-13-19/h2,5-6,11,14,16H,3-4,7-10,12-13H2,1H3,(H,21,24)/t16-,19-/m1/s1. The third-order valence-electron chi connectivity index (χ3n) is 5.65. The van der Waals surface area contributed by atoms with Gasteiger partial charge in [0, 0.05) is 45.4 Å². The summed E-state index contributed by atoms with van der Waals surface area (Å²) in [6.45, 7) is 5.56. The number of carbonyl (C=O) groups excluding carboxylic acids is 1. The van der Waals surface area contributed by atoms with Crippen molar-refractivity contribution < 1.29 is 14.3 Å². The fourth-order valence-corrected chi connectivity index (χ4v) is 4.82. The lowest BCUT2D eigenvalue weighted by atomic mass is 9.80. The maximum atomic E-state index is 13.1. The molecule has 7 nitrogen and oxygen atoms in total. The molecule has 0 unspecified atom stereocenters. The number of aromatic nitrogens is 2. The van der Waals surface area contributed by atoms with Gasteiger partial charge in [0.25, 0.3) is 0 Å². The van der Waals surface area contributed by atoms with Gasteiger partial charge >= 0.3 is 0 Å². The molecular formula is C19H26N4O3S. The molecular weight excluding hydrogens is 364 g/mol. The first-order chi connectivity index (χ1) is 13.2. The van der Waals surface area contributed by atoms with E-state index in [9.17, 15) is 4.79 Å². The number of amides is 1. The van der Waals surface area contributed by atoms with Crippen molar-refractivity contribution in [2.45, 2.75) is 19.6 Å². The van der Waals surface area contributed by atoms with Crippen LogP contribution in [0.5, 0.6) is 0 Å². The van der Waals surface area contributed by atoms with Crippen molar-refractivity contribution in [3.63, 3.8) is 0 Å². The minimum Gasteiger partial charge on any atom is -0.383 e. The predicted octanol–water partition coefficient (Wildman–Crippen LogP) is 1.36. The molecule has 4 rings (SSSR count). The van der Waals surface area contributed by atoms with E-state index in [4.69, 9.17) is 9.47 Å². The van der Waals surface area contributed by atoms with Crippen molar-refractivity contribution >= 4 is 17.2 Å². The van der Waals surface area contributed by atoms with E-state index < -0.39 is 5.41 Å². The first-order valence-corrected chi connectivity index (χ1v) is 10.2. The second-order valence-corrected chi connectivity index (χ2v) is 8.20. The minimum atomic E-state index is -0.437. The normalized spacial score (nSPS) is 25.0. The Labute approximate surface area is 163 Å². The predicted molar refractivity (Wildman–Crippen MR) is 102 cm³/mol. The average molecular weight is 391 g/mol. The highest BCUT2D eigenvalue weighted by Crippen LogP contribution is 2.42. The molecule has 1 amide bonds. The lowest BCUT2D eigenvalue weighted by Crippen LogP contribution is -2.46. The van der Waals surface area contributed by atoms with Gasteiger partial charge in [-0.1, -0.05) is 0 Å². The molecule has 2 aromatic heterocycles. The molecule has 0 aromatic carbocycles. The van der Waals surface area contributed by atoms with E-state index in [-0.39, 0.29) is 11.8 Å². The van der Waals surface area contributed by atoms with Crippen LogP contribution in [0.3, 0.4) is 0 Å². The van der Waals surface area contributed by atoms with E-state index in [0.29, 0.717) is 26.4 Å². The SMILES string of the molecule is COCCn1cncc1CNC(=O)[C@]12COC[C@H]1CN(Cc1ccsc1)C2. The van der Waals surface area contributed by atoms with Gasteiger partial charge in [-0.25, -0.2) is 4.98 Å². The molecule has 0 radical (unpaired) electrons. The Morgan fingerprint density at radius 2 is 2.48 bits per heavy atom. The molecule has 2 aliphatic heterocycles. The molecule has 2 aromatic rings. The van der Waals surface area contributed by atoms with Crippen molar-refractivity contribution in [3.05, 3.63) is 40.6 Å². The molecule has 8 heteroatoms. The summed E-state index contributed by atoms with van der Waals surface area (Å²) in [6, 6.07) is 2.16. The monoisotopic (exact) mass is 390 g/mol. The number of likely N-dealkylation sites (tertiary alicyclic amines) is 1. The zero-order valence-corrected chi connectivity index (χ0v) is 16.4. The van der Waals surface area contributed by atoms with Crippen molar-refractivity contribution in [2.75, 3.05) is 40.0 Å². The van der Waals surface area contributed by atoms with E-state index in [0.717, 1.165) is 31.9 Å². The molecule has 2 atom stereocenters. The molecule has 0 spiro atoms. The number of rotatable bonds is 8. The molecule has 2 saturated heterocycles. The van der Waals surface area contributed by atoms with Crippen LogP contribution in [0.4, 0.5) is 0 Å². The van der Waals surface area contributed by atoms with Gasteiger partial charge in [-0.05, 0) is 22.4 Å². The molecule has 0 bridgehead atoms. The Morgan fingerprint density at radius 1 is 1.56 bits per heavy atom. The van der Waals surface area contributed by atoms with E-state index in [1.54, 1.807) is 31.0 Å². The number of thiophene rings is 1. The number of ether oxygens (including phenoxy) is 2. The van der Waals surface area contributed by atoms with Gasteiger partial charge in [-0.3, -0.25) is 9.69 Å². The number of methoxy groups -OCH3 is 1. The van der Waals surface area contributed by atoms with Gasteiger partial charge < -0.3 is 19.4 Å². The van der Waals surface area contributed by atoms with E-state index in [1.807, 2.05) is 4.57 Å². The summed E-state index contributed by atoms with van der Waals surface area (Å²) in [5, 5.41) is 7.42. The van der Waals surface area contributed by atoms with Gasteiger partial charge in [0.1, 0.15) is 0 Å². The lowest BCUT2D eigenvalue weighted by molar-refractivity contribution is -0.131. The van der Waals surface area contributed by atoms with Crippen molar-refractivity contribution in [1.29, 1.82) is 0 Å². The zero-order chi connectivity index (χ0) is 18.7. The van der Waals surface area contributed by atoms with E-state index >= 15 is 0 Å². The van der Waals surface area contributed by atoms with Gasteiger partial charge in [-0.2, -0.15) is 11.3 Å². The van der Waals surface area contributed by atoms with Crippen LogP contribution >= 0.6 is 11.3 Å². The number of hydrogen-bond acceptors (Lipinski definition) is 6. The second kappa shape index (κ2) is 8.10. The number of hydrogen-bond donors (Lipinski definition) is 1. The third-order valence-corrected chi connectivity index (χ3v) is 6.38. The Kier molecular flexibility index (Phi) is 5.58. The summed E-state index contributed by atoms with van der Waals surface area (Å²) in [5.41, 5.74) is 1.87. The summed E-state index contributed by atoms with van der Waals surface area (Å²) in [5.74, 6) is 0.354. The number of carbonyl (C=O) groups is 1. The maximum Gasteiger partial charge on any atom is 0.230 e. The number of fused-ring (bicyclic) bond motifs is 1. The van der Waals surface area contributed by atoms with Gasteiger partial charge in [-0.15, -0.1) is 0 Å². The Bertz CT molecular complexity index is 763.